The number of aryl methyl sites for hydroxylation is 2. The van der Waals surface area contributed by atoms with Crippen LogP contribution in [0.15, 0.2) is 18.2 Å². The number of anilines is 1. The number of aliphatic carboxylic acids is 1. The predicted octanol–water partition coefficient (Wildman–Crippen LogP) is 1.07. The first-order valence-corrected chi connectivity index (χ1v) is 7.78. The normalized spacial score (nSPS) is 12.0. The minimum atomic E-state index is -1.74. The van der Waals surface area contributed by atoms with E-state index in [1.54, 1.807) is 0 Å². The van der Waals surface area contributed by atoms with Gasteiger partial charge < -0.3 is 9.84 Å². The Labute approximate surface area is 126 Å². The summed E-state index contributed by atoms with van der Waals surface area (Å²) in [7, 11) is -0.277. The van der Waals surface area contributed by atoms with Gasteiger partial charge >= 0.3 is 5.97 Å². The monoisotopic (exact) mass is 313 g/mol. The summed E-state index contributed by atoms with van der Waals surface area (Å²) in [5.41, 5.74) is 2.49. The number of ether oxygens (including phenoxy) is 1. The van der Waals surface area contributed by atoms with E-state index in [1.807, 2.05) is 32.0 Å². The first kappa shape index (κ1) is 17.3. The fraction of sp³-hybridized carbons (Fsp3) is 0.429. The number of para-hydroxylation sites is 1. The third kappa shape index (κ3) is 4.95. The van der Waals surface area contributed by atoms with Crippen LogP contribution < -0.4 is 4.90 Å². The molecule has 7 heteroatoms. The van der Waals surface area contributed by atoms with Crippen LogP contribution in [0.1, 0.15) is 11.1 Å². The van der Waals surface area contributed by atoms with Gasteiger partial charge in [0.2, 0.25) is 5.91 Å². The van der Waals surface area contributed by atoms with Gasteiger partial charge in [-0.05, 0) is 25.0 Å². The highest BCUT2D eigenvalue weighted by molar-refractivity contribution is 7.86. The lowest BCUT2D eigenvalue weighted by atomic mass is 10.1. The standard InChI is InChI=1S/C14H19NO5S/c1-10-5-4-6-11(2)14(10)15(9-20-3)12(16)7-21(19)8-13(17)18/h4-6H,7-9H2,1-3H3,(H,17,18). The van der Waals surface area contributed by atoms with Crippen molar-refractivity contribution in [1.82, 2.24) is 0 Å². The maximum absolute atomic E-state index is 12.3. The van der Waals surface area contributed by atoms with Crippen LogP contribution in [-0.4, -0.2) is 46.5 Å². The average molecular weight is 313 g/mol. The molecular weight excluding hydrogens is 294 g/mol. The highest BCUT2D eigenvalue weighted by atomic mass is 32.2. The largest absolute Gasteiger partial charge is 0.481 e. The number of carboxylic acid groups (broad SMARTS) is 1. The zero-order chi connectivity index (χ0) is 16.0. The van der Waals surface area contributed by atoms with E-state index >= 15 is 0 Å². The van der Waals surface area contributed by atoms with Crippen LogP contribution in [0, 0.1) is 13.8 Å². The maximum Gasteiger partial charge on any atom is 0.316 e. The van der Waals surface area contributed by atoms with E-state index < -0.39 is 28.4 Å². The molecular formula is C14H19NO5S. The second-order valence-electron chi connectivity index (χ2n) is 4.60. The Balaban J connectivity index is 2.98. The summed E-state index contributed by atoms with van der Waals surface area (Å²) in [6.07, 6.45) is 0. The molecule has 116 valence electrons. The lowest BCUT2D eigenvalue weighted by molar-refractivity contribution is -0.133. The average Bonchev–Trinajstić information content (AvgIpc) is 2.36. The highest BCUT2D eigenvalue weighted by Gasteiger charge is 2.22. The summed E-state index contributed by atoms with van der Waals surface area (Å²) in [5.74, 6) is -2.50. The Hall–Kier alpha value is -1.73. The van der Waals surface area contributed by atoms with Crippen LogP contribution in [0.25, 0.3) is 0 Å². The molecule has 0 aliphatic rings. The number of carboxylic acids is 1. The molecule has 0 bridgehead atoms. The molecule has 0 fully saturated rings. The molecule has 1 aromatic rings. The number of benzene rings is 1. The van der Waals surface area contributed by atoms with E-state index in [0.717, 1.165) is 11.1 Å². The fourth-order valence-electron chi connectivity index (χ4n) is 2.03. The number of nitrogens with zero attached hydrogens (tertiary/aromatic N) is 1. The van der Waals surface area contributed by atoms with Gasteiger partial charge in [-0.15, -0.1) is 0 Å². The van der Waals surface area contributed by atoms with Crippen molar-refractivity contribution in [3.63, 3.8) is 0 Å². The van der Waals surface area contributed by atoms with E-state index in [0.29, 0.717) is 5.69 Å². The lowest BCUT2D eigenvalue weighted by Gasteiger charge is -2.25. The third-order valence-electron chi connectivity index (χ3n) is 2.84. The number of hydrogen-bond acceptors (Lipinski definition) is 4. The Morgan fingerprint density at radius 2 is 1.81 bits per heavy atom. The van der Waals surface area contributed by atoms with Crippen molar-refractivity contribution >= 4 is 28.4 Å². The molecule has 0 heterocycles. The van der Waals surface area contributed by atoms with E-state index in [9.17, 15) is 13.8 Å². The number of methoxy groups -OCH3 is 1. The SMILES string of the molecule is COCN(C(=O)CS(=O)CC(=O)O)c1c(C)cccc1C. The molecule has 1 unspecified atom stereocenters. The minimum absolute atomic E-state index is 0.0226. The number of rotatable bonds is 7. The molecule has 0 spiro atoms. The first-order valence-electron chi connectivity index (χ1n) is 6.29. The van der Waals surface area contributed by atoms with Crippen LogP contribution in [0.4, 0.5) is 5.69 Å². The van der Waals surface area contributed by atoms with Gasteiger partial charge in [-0.1, -0.05) is 18.2 Å². The van der Waals surface area contributed by atoms with Gasteiger partial charge in [0.1, 0.15) is 18.2 Å². The molecule has 0 aromatic heterocycles. The second-order valence-corrected chi connectivity index (χ2v) is 6.06. The molecule has 6 nitrogen and oxygen atoms in total. The zero-order valence-electron chi connectivity index (χ0n) is 12.3. The van der Waals surface area contributed by atoms with Gasteiger partial charge in [-0.25, -0.2) is 0 Å². The minimum Gasteiger partial charge on any atom is -0.481 e. The molecule has 0 saturated carbocycles. The number of hydrogen-bond donors (Lipinski definition) is 1. The van der Waals surface area contributed by atoms with E-state index in [2.05, 4.69) is 0 Å². The van der Waals surface area contributed by atoms with Gasteiger partial charge in [-0.2, -0.15) is 0 Å². The summed E-state index contributed by atoms with van der Waals surface area (Å²) in [5, 5.41) is 8.60. The number of carbonyl (C=O) groups is 2. The molecule has 1 amide bonds. The smallest absolute Gasteiger partial charge is 0.316 e. The van der Waals surface area contributed by atoms with Crippen molar-refractivity contribution in [3.8, 4) is 0 Å². The third-order valence-corrected chi connectivity index (χ3v) is 3.98. The second kappa shape index (κ2) is 7.90. The van der Waals surface area contributed by atoms with Gasteiger partial charge in [-0.3, -0.25) is 18.7 Å². The van der Waals surface area contributed by atoms with Gasteiger partial charge in [0.05, 0.1) is 5.69 Å². The van der Waals surface area contributed by atoms with Crippen molar-refractivity contribution in [2.45, 2.75) is 13.8 Å². The molecule has 21 heavy (non-hydrogen) atoms. The van der Waals surface area contributed by atoms with Crippen molar-refractivity contribution < 1.29 is 23.6 Å². The molecule has 0 aliphatic carbocycles. The molecule has 0 aliphatic heterocycles. The molecule has 0 saturated heterocycles. The van der Waals surface area contributed by atoms with Crippen molar-refractivity contribution in [2.24, 2.45) is 0 Å². The molecule has 0 radical (unpaired) electrons. The Kier molecular flexibility index (Phi) is 6.51. The predicted molar refractivity (Wildman–Crippen MR) is 80.8 cm³/mol. The fourth-order valence-corrected chi connectivity index (χ4v) is 2.83. The topological polar surface area (TPSA) is 83.9 Å². The summed E-state index contributed by atoms with van der Waals surface area (Å²) in [6.45, 7) is 3.76. The van der Waals surface area contributed by atoms with Crippen LogP contribution in [0.5, 0.6) is 0 Å². The molecule has 1 N–H and O–H groups in total. The first-order chi connectivity index (χ1) is 9.86. The summed E-state index contributed by atoms with van der Waals surface area (Å²) >= 11 is 0. The van der Waals surface area contributed by atoms with Gasteiger partial charge in [0, 0.05) is 17.9 Å². The quantitative estimate of drug-likeness (QED) is 0.761. The molecule has 1 aromatic carbocycles. The maximum atomic E-state index is 12.3. The zero-order valence-corrected chi connectivity index (χ0v) is 13.1. The van der Waals surface area contributed by atoms with Crippen molar-refractivity contribution in [3.05, 3.63) is 29.3 Å². The number of carbonyl (C=O) groups excluding carboxylic acids is 1. The highest BCUT2D eigenvalue weighted by Crippen LogP contribution is 2.24. The number of amides is 1. The van der Waals surface area contributed by atoms with Crippen LogP contribution >= 0.6 is 0 Å². The van der Waals surface area contributed by atoms with Crippen molar-refractivity contribution in [1.29, 1.82) is 0 Å². The van der Waals surface area contributed by atoms with Crippen LogP contribution in [-0.2, 0) is 25.1 Å². The van der Waals surface area contributed by atoms with Gasteiger partial charge in [0.25, 0.3) is 0 Å². The Morgan fingerprint density at radius 1 is 1.24 bits per heavy atom. The molecule has 1 atom stereocenters. The molecule has 1 rings (SSSR count). The Bertz CT molecular complexity index is 538. The van der Waals surface area contributed by atoms with E-state index in [4.69, 9.17) is 9.84 Å². The van der Waals surface area contributed by atoms with Crippen molar-refractivity contribution in [2.75, 3.05) is 30.2 Å². The van der Waals surface area contributed by atoms with Gasteiger partial charge in [0.15, 0.2) is 0 Å². The lowest BCUT2D eigenvalue weighted by Crippen LogP contribution is -2.37. The summed E-state index contributed by atoms with van der Waals surface area (Å²) in [4.78, 5) is 24.2. The summed E-state index contributed by atoms with van der Waals surface area (Å²) < 4.78 is 16.7. The van der Waals surface area contributed by atoms with Crippen LogP contribution in [0.3, 0.4) is 0 Å². The van der Waals surface area contributed by atoms with E-state index in [-0.39, 0.29) is 12.5 Å². The van der Waals surface area contributed by atoms with E-state index in [1.165, 1.54) is 12.0 Å². The van der Waals surface area contributed by atoms with Crippen LogP contribution in [0.2, 0.25) is 0 Å². The summed E-state index contributed by atoms with van der Waals surface area (Å²) in [6, 6.07) is 5.62. The Morgan fingerprint density at radius 3 is 2.29 bits per heavy atom.